The van der Waals surface area contributed by atoms with Crippen LogP contribution in [0.4, 0.5) is 0 Å². The molecular weight excluding hydrogens is 228 g/mol. The molecule has 2 heterocycles. The minimum Gasteiger partial charge on any atom is -0.465 e. The van der Waals surface area contributed by atoms with Gasteiger partial charge in [0, 0.05) is 5.92 Å². The second kappa shape index (κ2) is 3.96. The fraction of sp³-hybridized carbons (Fsp3) is 0.933. The largest absolute Gasteiger partial charge is 0.465 e. The number of fused-ring (bicyclic) bond motifs is 2. The zero-order valence-corrected chi connectivity index (χ0v) is 12.5. The van der Waals surface area contributed by atoms with Crippen LogP contribution >= 0.6 is 0 Å². The summed E-state index contributed by atoms with van der Waals surface area (Å²) in [5.74, 6) is 0.180. The molecule has 0 amide bonds. The third-order valence-corrected chi connectivity index (χ3v) is 4.77. The van der Waals surface area contributed by atoms with Crippen LogP contribution in [0.25, 0.3) is 0 Å². The van der Waals surface area contributed by atoms with E-state index in [0.717, 1.165) is 12.8 Å². The maximum absolute atomic E-state index is 11.9. The normalized spacial score (nSPS) is 37.9. The van der Waals surface area contributed by atoms with Gasteiger partial charge in [-0.15, -0.1) is 0 Å². The molecular formula is C15H26O3. The molecule has 0 aromatic heterocycles. The highest BCUT2D eigenvalue weighted by Crippen LogP contribution is 2.57. The summed E-state index contributed by atoms with van der Waals surface area (Å²) >= 11 is 0. The van der Waals surface area contributed by atoms with Gasteiger partial charge in [-0.05, 0) is 46.0 Å². The van der Waals surface area contributed by atoms with Gasteiger partial charge in [-0.2, -0.15) is 0 Å². The van der Waals surface area contributed by atoms with Crippen LogP contribution in [0, 0.1) is 16.7 Å². The number of esters is 1. The van der Waals surface area contributed by atoms with Gasteiger partial charge in [0.2, 0.25) is 0 Å². The van der Waals surface area contributed by atoms with Crippen molar-refractivity contribution in [2.75, 3.05) is 6.61 Å². The Morgan fingerprint density at radius 3 is 2.39 bits per heavy atom. The van der Waals surface area contributed by atoms with Crippen LogP contribution in [0.1, 0.15) is 54.4 Å². The maximum Gasteiger partial charge on any atom is 0.311 e. The predicted octanol–water partition coefficient (Wildman–Crippen LogP) is 3.17. The van der Waals surface area contributed by atoms with Crippen molar-refractivity contribution in [1.29, 1.82) is 0 Å². The Bertz CT molecular complexity index is 348. The molecule has 3 atom stereocenters. The Balaban J connectivity index is 2.04. The summed E-state index contributed by atoms with van der Waals surface area (Å²) in [6.07, 6.45) is 2.53. The van der Waals surface area contributed by atoms with Crippen molar-refractivity contribution >= 4 is 5.97 Å². The molecule has 0 radical (unpaired) electrons. The second-order valence-corrected chi connectivity index (χ2v) is 7.68. The van der Waals surface area contributed by atoms with Crippen LogP contribution < -0.4 is 0 Å². The van der Waals surface area contributed by atoms with Gasteiger partial charge in [-0.1, -0.05) is 13.8 Å². The summed E-state index contributed by atoms with van der Waals surface area (Å²) in [4.78, 5) is 11.9. The zero-order valence-electron chi connectivity index (χ0n) is 12.5. The Labute approximate surface area is 110 Å². The molecule has 0 saturated carbocycles. The molecule has 18 heavy (non-hydrogen) atoms. The van der Waals surface area contributed by atoms with Gasteiger partial charge >= 0.3 is 5.97 Å². The molecule has 0 aromatic carbocycles. The molecule has 2 aliphatic heterocycles. The SMILES string of the molecule is CC(C)(C)C(=O)OCC1C2(C)CCC(O2)C1(C)C. The number of hydrogen-bond acceptors (Lipinski definition) is 3. The number of ether oxygens (including phenoxy) is 2. The number of carbonyl (C=O) groups excluding carboxylic acids is 1. The summed E-state index contributed by atoms with van der Waals surface area (Å²) < 4.78 is 11.6. The molecule has 3 unspecified atom stereocenters. The van der Waals surface area contributed by atoms with Crippen molar-refractivity contribution in [3.8, 4) is 0 Å². The van der Waals surface area contributed by atoms with Crippen LogP contribution in [0.2, 0.25) is 0 Å². The quantitative estimate of drug-likeness (QED) is 0.710. The molecule has 2 rings (SSSR count). The summed E-state index contributed by atoms with van der Waals surface area (Å²) in [5, 5.41) is 0. The fourth-order valence-electron chi connectivity index (χ4n) is 3.42. The molecule has 2 saturated heterocycles. The van der Waals surface area contributed by atoms with Crippen LogP contribution in [0.15, 0.2) is 0 Å². The van der Waals surface area contributed by atoms with Gasteiger partial charge in [0.05, 0.1) is 23.7 Å². The first-order chi connectivity index (χ1) is 8.07. The van der Waals surface area contributed by atoms with Gasteiger partial charge in [0.15, 0.2) is 0 Å². The standard InChI is InChI=1S/C15H26O3/c1-13(2,3)12(16)17-9-10-14(4,5)11-7-8-15(10,6)18-11/h10-11H,7-9H2,1-6H3. The molecule has 2 aliphatic rings. The van der Waals surface area contributed by atoms with E-state index in [1.807, 2.05) is 20.8 Å². The van der Waals surface area contributed by atoms with E-state index in [2.05, 4.69) is 20.8 Å². The third-order valence-electron chi connectivity index (χ3n) is 4.77. The fourth-order valence-corrected chi connectivity index (χ4v) is 3.42. The highest BCUT2D eigenvalue weighted by molar-refractivity contribution is 5.75. The van der Waals surface area contributed by atoms with Gasteiger partial charge in [0.1, 0.15) is 0 Å². The first-order valence-electron chi connectivity index (χ1n) is 6.92. The average Bonchev–Trinajstić information content (AvgIpc) is 2.66. The van der Waals surface area contributed by atoms with Crippen LogP contribution in [-0.2, 0) is 14.3 Å². The minimum absolute atomic E-state index is 0.102. The minimum atomic E-state index is -0.427. The highest BCUT2D eigenvalue weighted by Gasteiger charge is 2.61. The Morgan fingerprint density at radius 1 is 1.33 bits per heavy atom. The third kappa shape index (κ3) is 2.07. The highest BCUT2D eigenvalue weighted by atomic mass is 16.5. The Hall–Kier alpha value is -0.570. The van der Waals surface area contributed by atoms with E-state index in [9.17, 15) is 4.79 Å². The number of carbonyl (C=O) groups is 1. The molecule has 3 heteroatoms. The van der Waals surface area contributed by atoms with Crippen molar-refractivity contribution in [3.63, 3.8) is 0 Å². The lowest BCUT2D eigenvalue weighted by Crippen LogP contribution is -2.44. The van der Waals surface area contributed by atoms with Crippen molar-refractivity contribution in [2.45, 2.75) is 66.1 Å². The number of hydrogen-bond donors (Lipinski definition) is 0. The number of rotatable bonds is 2. The smallest absolute Gasteiger partial charge is 0.311 e. The van der Waals surface area contributed by atoms with Gasteiger partial charge < -0.3 is 9.47 Å². The molecule has 104 valence electrons. The lowest BCUT2D eigenvalue weighted by molar-refractivity contribution is -0.157. The zero-order chi connectivity index (χ0) is 13.8. The van der Waals surface area contributed by atoms with Gasteiger partial charge in [-0.25, -0.2) is 0 Å². The monoisotopic (exact) mass is 254 g/mol. The molecule has 0 aromatic rings. The van der Waals surface area contributed by atoms with E-state index >= 15 is 0 Å². The van der Waals surface area contributed by atoms with E-state index in [1.165, 1.54) is 0 Å². The summed E-state index contributed by atoms with van der Waals surface area (Å²) in [5.41, 5.74) is -0.430. The van der Waals surface area contributed by atoms with Crippen molar-refractivity contribution in [2.24, 2.45) is 16.7 Å². The van der Waals surface area contributed by atoms with Gasteiger partial charge in [-0.3, -0.25) is 4.79 Å². The van der Waals surface area contributed by atoms with E-state index < -0.39 is 5.41 Å². The molecule has 0 N–H and O–H groups in total. The lowest BCUT2D eigenvalue weighted by atomic mass is 9.64. The Morgan fingerprint density at radius 2 is 1.94 bits per heavy atom. The van der Waals surface area contributed by atoms with Crippen LogP contribution in [-0.4, -0.2) is 24.3 Å². The van der Waals surface area contributed by atoms with Crippen LogP contribution in [0.5, 0.6) is 0 Å². The van der Waals surface area contributed by atoms with Crippen molar-refractivity contribution < 1.29 is 14.3 Å². The van der Waals surface area contributed by atoms with Gasteiger partial charge in [0.25, 0.3) is 0 Å². The molecule has 3 nitrogen and oxygen atoms in total. The van der Waals surface area contributed by atoms with E-state index in [4.69, 9.17) is 9.47 Å². The predicted molar refractivity (Wildman–Crippen MR) is 70.2 cm³/mol. The van der Waals surface area contributed by atoms with Crippen LogP contribution in [0.3, 0.4) is 0 Å². The second-order valence-electron chi connectivity index (χ2n) is 7.68. The molecule has 0 aliphatic carbocycles. The summed E-state index contributed by atoms with van der Waals surface area (Å²) in [6, 6.07) is 0. The van der Waals surface area contributed by atoms with E-state index in [-0.39, 0.29) is 17.0 Å². The first kappa shape index (κ1) is 13.9. The Kier molecular flexibility index (Phi) is 3.05. The molecule has 0 spiro atoms. The summed E-state index contributed by atoms with van der Waals surface area (Å²) in [6.45, 7) is 12.8. The lowest BCUT2D eigenvalue weighted by Gasteiger charge is -2.39. The van der Waals surface area contributed by atoms with E-state index in [0.29, 0.717) is 18.6 Å². The summed E-state index contributed by atoms with van der Waals surface area (Å²) in [7, 11) is 0. The first-order valence-corrected chi connectivity index (χ1v) is 6.92. The van der Waals surface area contributed by atoms with Crippen molar-refractivity contribution in [3.05, 3.63) is 0 Å². The van der Waals surface area contributed by atoms with E-state index in [1.54, 1.807) is 0 Å². The topological polar surface area (TPSA) is 35.5 Å². The van der Waals surface area contributed by atoms with Crippen molar-refractivity contribution in [1.82, 2.24) is 0 Å². The average molecular weight is 254 g/mol. The molecule has 2 fully saturated rings. The molecule has 2 bridgehead atoms. The maximum atomic E-state index is 11.9.